The van der Waals surface area contributed by atoms with Crippen molar-refractivity contribution in [1.29, 1.82) is 0 Å². The van der Waals surface area contributed by atoms with Crippen LogP contribution in [0.5, 0.6) is 0 Å². The van der Waals surface area contributed by atoms with Crippen molar-refractivity contribution in [3.63, 3.8) is 0 Å². The molecule has 0 fully saturated rings. The first-order chi connectivity index (χ1) is 12.0. The van der Waals surface area contributed by atoms with Gasteiger partial charge in [-0.2, -0.15) is 0 Å². The molecule has 0 saturated carbocycles. The first-order valence-corrected chi connectivity index (χ1v) is 8.68. The average molecular weight is 338 g/mol. The van der Waals surface area contributed by atoms with Gasteiger partial charge < -0.3 is 4.57 Å². The zero-order valence-corrected chi connectivity index (χ0v) is 14.8. The lowest BCUT2D eigenvalue weighted by molar-refractivity contribution is 0.598. The molecule has 0 bridgehead atoms. The van der Waals surface area contributed by atoms with E-state index in [-0.39, 0.29) is 11.2 Å². The van der Waals surface area contributed by atoms with Crippen molar-refractivity contribution >= 4 is 11.2 Å². The highest BCUT2D eigenvalue weighted by Crippen LogP contribution is 2.35. The minimum Gasteiger partial charge on any atom is -0.325 e. The van der Waals surface area contributed by atoms with Gasteiger partial charge in [-0.3, -0.25) is 13.9 Å². The molecule has 2 aromatic heterocycles. The van der Waals surface area contributed by atoms with Crippen LogP contribution >= 0.6 is 0 Å². The molecule has 0 aliphatic heterocycles. The second kappa shape index (κ2) is 5.72. The summed E-state index contributed by atoms with van der Waals surface area (Å²) in [7, 11) is 5.03. The molecule has 4 rings (SSSR count). The number of hydrogen-bond donors (Lipinski definition) is 0. The van der Waals surface area contributed by atoms with Crippen LogP contribution in [-0.2, 0) is 34.0 Å². The van der Waals surface area contributed by atoms with Gasteiger partial charge in [-0.05, 0) is 36.3 Å². The zero-order chi connectivity index (χ0) is 17.7. The molecule has 0 N–H and O–H groups in total. The van der Waals surface area contributed by atoms with Crippen molar-refractivity contribution in [2.24, 2.45) is 21.1 Å². The fourth-order valence-corrected chi connectivity index (χ4v) is 4.04. The molecule has 6 heteroatoms. The maximum absolute atomic E-state index is 12.4. The van der Waals surface area contributed by atoms with Crippen LogP contribution in [0.15, 0.2) is 33.9 Å². The number of fused-ring (bicyclic) bond motifs is 2. The molecule has 130 valence electrons. The molecule has 0 spiro atoms. The van der Waals surface area contributed by atoms with Crippen LogP contribution in [0.3, 0.4) is 0 Å². The Balaban J connectivity index is 1.69. The van der Waals surface area contributed by atoms with Crippen LogP contribution in [0.2, 0.25) is 0 Å². The van der Waals surface area contributed by atoms with Crippen LogP contribution < -0.4 is 11.2 Å². The van der Waals surface area contributed by atoms with Gasteiger partial charge in [0, 0.05) is 27.6 Å². The van der Waals surface area contributed by atoms with Crippen LogP contribution in [0.1, 0.15) is 35.7 Å². The molecule has 25 heavy (non-hydrogen) atoms. The summed E-state index contributed by atoms with van der Waals surface area (Å²) in [4.78, 5) is 29.2. The SMILES string of the molecule is Cn1c(=O)c2c(nc(CCC3CCc4ccccc43)n2C)n(C)c1=O. The summed E-state index contributed by atoms with van der Waals surface area (Å²) in [6.45, 7) is 0. The molecule has 1 aliphatic rings. The quantitative estimate of drug-likeness (QED) is 0.729. The van der Waals surface area contributed by atoms with Crippen LogP contribution in [-0.4, -0.2) is 18.7 Å². The van der Waals surface area contributed by atoms with Gasteiger partial charge in [-0.15, -0.1) is 0 Å². The summed E-state index contributed by atoms with van der Waals surface area (Å²) >= 11 is 0. The van der Waals surface area contributed by atoms with Crippen molar-refractivity contribution < 1.29 is 0 Å². The predicted molar refractivity (Wildman–Crippen MR) is 97.0 cm³/mol. The Bertz CT molecular complexity index is 1090. The molecule has 2 heterocycles. The van der Waals surface area contributed by atoms with Gasteiger partial charge in [-0.1, -0.05) is 24.3 Å². The Morgan fingerprint density at radius 3 is 2.64 bits per heavy atom. The summed E-state index contributed by atoms with van der Waals surface area (Å²) in [5.41, 5.74) is 3.24. The maximum Gasteiger partial charge on any atom is 0.332 e. The van der Waals surface area contributed by atoms with Crippen molar-refractivity contribution in [3.8, 4) is 0 Å². The van der Waals surface area contributed by atoms with Gasteiger partial charge in [0.2, 0.25) is 0 Å². The molecule has 1 atom stereocenters. The first kappa shape index (κ1) is 15.9. The Morgan fingerprint density at radius 2 is 1.84 bits per heavy atom. The van der Waals surface area contributed by atoms with Crippen LogP contribution in [0.4, 0.5) is 0 Å². The number of aromatic nitrogens is 4. The molecule has 3 aromatic rings. The third-order valence-electron chi connectivity index (χ3n) is 5.54. The Hall–Kier alpha value is -2.63. The molecule has 0 saturated heterocycles. The summed E-state index contributed by atoms with van der Waals surface area (Å²) in [6.07, 6.45) is 4.10. The first-order valence-electron chi connectivity index (χ1n) is 8.68. The molecule has 1 unspecified atom stereocenters. The minimum atomic E-state index is -0.341. The van der Waals surface area contributed by atoms with Gasteiger partial charge in [0.05, 0.1) is 0 Å². The summed E-state index contributed by atoms with van der Waals surface area (Å²) < 4.78 is 4.43. The van der Waals surface area contributed by atoms with E-state index in [2.05, 4.69) is 29.2 Å². The Labute approximate surface area is 145 Å². The number of rotatable bonds is 3. The number of hydrogen-bond acceptors (Lipinski definition) is 3. The highest BCUT2D eigenvalue weighted by Gasteiger charge is 2.23. The molecule has 0 radical (unpaired) electrons. The highest BCUT2D eigenvalue weighted by molar-refractivity contribution is 5.70. The molecule has 1 aromatic carbocycles. The topological polar surface area (TPSA) is 61.8 Å². The van der Waals surface area contributed by atoms with E-state index < -0.39 is 0 Å². The zero-order valence-electron chi connectivity index (χ0n) is 14.8. The van der Waals surface area contributed by atoms with Gasteiger partial charge in [-0.25, -0.2) is 9.78 Å². The van der Waals surface area contributed by atoms with Gasteiger partial charge >= 0.3 is 5.69 Å². The van der Waals surface area contributed by atoms with E-state index in [4.69, 9.17) is 0 Å². The van der Waals surface area contributed by atoms with Gasteiger partial charge in [0.15, 0.2) is 11.2 Å². The predicted octanol–water partition coefficient (Wildman–Crippen LogP) is 1.63. The van der Waals surface area contributed by atoms with Gasteiger partial charge in [0.25, 0.3) is 5.56 Å². The lowest BCUT2D eigenvalue weighted by Crippen LogP contribution is -2.37. The van der Waals surface area contributed by atoms with E-state index in [1.807, 2.05) is 11.6 Å². The number of nitrogens with zero attached hydrogens (tertiary/aromatic N) is 4. The molecular weight excluding hydrogens is 316 g/mol. The monoisotopic (exact) mass is 338 g/mol. The third-order valence-corrected chi connectivity index (χ3v) is 5.54. The van der Waals surface area contributed by atoms with E-state index in [0.717, 1.165) is 29.7 Å². The summed E-state index contributed by atoms with van der Waals surface area (Å²) in [5.74, 6) is 1.40. The number of benzene rings is 1. The van der Waals surface area contributed by atoms with Crippen LogP contribution in [0, 0.1) is 0 Å². The highest BCUT2D eigenvalue weighted by atomic mass is 16.2. The van der Waals surface area contributed by atoms with E-state index in [0.29, 0.717) is 17.1 Å². The number of aryl methyl sites for hydroxylation is 4. The number of imidazole rings is 1. The van der Waals surface area contributed by atoms with E-state index in [1.54, 1.807) is 7.05 Å². The van der Waals surface area contributed by atoms with Crippen molar-refractivity contribution in [1.82, 2.24) is 18.7 Å². The molecule has 6 nitrogen and oxygen atoms in total. The Kier molecular flexibility index (Phi) is 3.63. The summed E-state index contributed by atoms with van der Waals surface area (Å²) in [6, 6.07) is 8.64. The lowest BCUT2D eigenvalue weighted by atomic mass is 9.96. The van der Waals surface area contributed by atoms with E-state index in [9.17, 15) is 9.59 Å². The smallest absolute Gasteiger partial charge is 0.325 e. The Morgan fingerprint density at radius 1 is 1.08 bits per heavy atom. The maximum atomic E-state index is 12.4. The van der Waals surface area contributed by atoms with Crippen LogP contribution in [0.25, 0.3) is 11.2 Å². The fourth-order valence-electron chi connectivity index (χ4n) is 4.04. The average Bonchev–Trinajstić information content (AvgIpc) is 3.18. The van der Waals surface area contributed by atoms with E-state index >= 15 is 0 Å². The second-order valence-electron chi connectivity index (χ2n) is 6.94. The van der Waals surface area contributed by atoms with Crippen molar-refractivity contribution in [2.75, 3.05) is 0 Å². The fraction of sp³-hybridized carbons (Fsp3) is 0.421. The minimum absolute atomic E-state index is 0.287. The third kappa shape index (κ3) is 2.35. The molecule has 1 aliphatic carbocycles. The van der Waals surface area contributed by atoms with Crippen molar-refractivity contribution in [2.45, 2.75) is 31.6 Å². The molecule has 0 amide bonds. The molecular formula is C19H22N4O2. The summed E-state index contributed by atoms with van der Waals surface area (Å²) in [5, 5.41) is 0. The van der Waals surface area contributed by atoms with Crippen molar-refractivity contribution in [3.05, 3.63) is 62.1 Å². The lowest BCUT2D eigenvalue weighted by Gasteiger charge is -2.11. The second-order valence-corrected chi connectivity index (χ2v) is 6.94. The van der Waals surface area contributed by atoms with E-state index in [1.165, 1.54) is 29.2 Å². The normalized spacial score (nSPS) is 16.5. The standard InChI is InChI=1S/C19H22N4O2/c1-21-15(11-10-13-9-8-12-6-4-5-7-14(12)13)20-17-16(21)18(24)23(3)19(25)22(17)2/h4-7,13H,8-11H2,1-3H3. The van der Waals surface area contributed by atoms with Gasteiger partial charge in [0.1, 0.15) is 5.82 Å². The largest absolute Gasteiger partial charge is 0.332 e.